The van der Waals surface area contributed by atoms with Crippen molar-refractivity contribution in [3.63, 3.8) is 0 Å². The highest BCUT2D eigenvalue weighted by Crippen LogP contribution is 2.38. The van der Waals surface area contributed by atoms with Crippen LogP contribution < -0.4 is 0 Å². The van der Waals surface area contributed by atoms with Crippen LogP contribution in [-0.2, 0) is 17.8 Å². The van der Waals surface area contributed by atoms with Crippen LogP contribution in [0.25, 0.3) is 22.6 Å². The summed E-state index contributed by atoms with van der Waals surface area (Å²) < 4.78 is 7.50. The van der Waals surface area contributed by atoms with Gasteiger partial charge in [-0.25, -0.2) is 14.5 Å². The summed E-state index contributed by atoms with van der Waals surface area (Å²) in [5, 5.41) is 12.6. The molecule has 2 aromatic heterocycles. The van der Waals surface area contributed by atoms with Crippen LogP contribution in [0.3, 0.4) is 0 Å². The quantitative estimate of drug-likeness (QED) is 0.443. The Labute approximate surface area is 184 Å². The molecule has 1 fully saturated rings. The van der Waals surface area contributed by atoms with Gasteiger partial charge in [-0.3, -0.25) is 0 Å². The van der Waals surface area contributed by atoms with Gasteiger partial charge in [-0.2, -0.15) is 0 Å². The fraction of sp³-hybridized carbons (Fsp3) is 0.240. The Bertz CT molecular complexity index is 1360. The second-order valence-corrected chi connectivity index (χ2v) is 8.26. The van der Waals surface area contributed by atoms with Gasteiger partial charge in [0.25, 0.3) is 0 Å². The van der Waals surface area contributed by atoms with E-state index in [0.717, 1.165) is 59.0 Å². The topological polar surface area (TPSA) is 82.8 Å². The molecule has 158 valence electrons. The molecule has 0 spiro atoms. The monoisotopic (exact) mass is 423 g/mol. The van der Waals surface area contributed by atoms with Crippen molar-refractivity contribution in [1.29, 1.82) is 0 Å². The zero-order valence-corrected chi connectivity index (χ0v) is 17.4. The number of carbonyl (C=O) groups excluding carboxylic acids is 1. The van der Waals surface area contributed by atoms with Gasteiger partial charge in [0.15, 0.2) is 12.4 Å². The number of pyridine rings is 1. The molecule has 2 aliphatic rings. The van der Waals surface area contributed by atoms with Gasteiger partial charge in [-0.15, -0.1) is 5.10 Å². The average molecular weight is 423 g/mol. The van der Waals surface area contributed by atoms with Gasteiger partial charge in [0, 0.05) is 5.39 Å². The third-order valence-corrected chi connectivity index (χ3v) is 6.07. The number of hydrogen-bond donors (Lipinski definition) is 0. The molecule has 32 heavy (non-hydrogen) atoms. The molecular weight excluding hydrogens is 402 g/mol. The molecule has 7 heteroatoms. The van der Waals surface area contributed by atoms with E-state index >= 15 is 0 Å². The minimum absolute atomic E-state index is 0.0560. The Morgan fingerprint density at radius 3 is 2.72 bits per heavy atom. The first-order chi connectivity index (χ1) is 15.8. The zero-order chi connectivity index (χ0) is 21.5. The Morgan fingerprint density at radius 1 is 1.06 bits per heavy atom. The van der Waals surface area contributed by atoms with E-state index in [1.807, 2.05) is 42.5 Å². The van der Waals surface area contributed by atoms with Gasteiger partial charge >= 0.3 is 5.97 Å². The summed E-state index contributed by atoms with van der Waals surface area (Å²) in [6.45, 7) is 0.0560. The van der Waals surface area contributed by atoms with Gasteiger partial charge < -0.3 is 4.74 Å². The van der Waals surface area contributed by atoms with Gasteiger partial charge in [0.05, 0.1) is 22.8 Å². The van der Waals surface area contributed by atoms with Crippen molar-refractivity contribution >= 4 is 28.5 Å². The van der Waals surface area contributed by atoms with Crippen LogP contribution in [0.4, 0.5) is 0 Å². The van der Waals surface area contributed by atoms with Crippen LogP contribution in [-0.4, -0.2) is 31.2 Å². The van der Waals surface area contributed by atoms with E-state index in [4.69, 9.17) is 9.72 Å². The third-order valence-electron chi connectivity index (χ3n) is 6.07. The second-order valence-electron chi connectivity index (χ2n) is 8.26. The van der Waals surface area contributed by atoms with Gasteiger partial charge in [0.2, 0.25) is 0 Å². The molecule has 6 rings (SSSR count). The molecule has 2 aromatic carbocycles. The minimum Gasteiger partial charge on any atom is -0.454 e. The first-order valence-corrected chi connectivity index (χ1v) is 10.9. The highest BCUT2D eigenvalue weighted by atomic mass is 16.5. The number of rotatable bonds is 5. The molecule has 2 heterocycles. The largest absolute Gasteiger partial charge is 0.454 e. The maximum absolute atomic E-state index is 13.3. The molecule has 0 atom stereocenters. The van der Waals surface area contributed by atoms with Crippen molar-refractivity contribution in [2.75, 3.05) is 0 Å². The molecule has 0 saturated heterocycles. The summed E-state index contributed by atoms with van der Waals surface area (Å²) >= 11 is 0. The second kappa shape index (κ2) is 7.67. The Kier molecular flexibility index (Phi) is 4.52. The van der Waals surface area contributed by atoms with Crippen LogP contribution in [0.1, 0.15) is 58.3 Å². The molecule has 0 N–H and O–H groups in total. The number of aromatic nitrogens is 5. The maximum Gasteiger partial charge on any atom is 0.339 e. The van der Waals surface area contributed by atoms with Crippen molar-refractivity contribution in [3.05, 3.63) is 82.8 Å². The van der Waals surface area contributed by atoms with Crippen LogP contribution in [0.5, 0.6) is 0 Å². The molecule has 1 saturated carbocycles. The number of tetrazole rings is 1. The van der Waals surface area contributed by atoms with E-state index in [9.17, 15) is 4.79 Å². The summed E-state index contributed by atoms with van der Waals surface area (Å²) in [6.07, 6.45) is 5.88. The lowest BCUT2D eigenvalue weighted by Crippen LogP contribution is -2.13. The third kappa shape index (κ3) is 3.36. The average Bonchev–Trinajstić information content (AvgIpc) is 3.44. The predicted octanol–water partition coefficient (Wildman–Crippen LogP) is 4.40. The van der Waals surface area contributed by atoms with Crippen LogP contribution in [0.15, 0.2) is 54.6 Å². The van der Waals surface area contributed by atoms with Crippen LogP contribution in [0.2, 0.25) is 0 Å². The highest BCUT2D eigenvalue weighted by Gasteiger charge is 2.30. The van der Waals surface area contributed by atoms with Crippen LogP contribution in [0, 0.1) is 0 Å². The summed E-state index contributed by atoms with van der Waals surface area (Å²) in [4.78, 5) is 18.2. The van der Waals surface area contributed by atoms with E-state index in [0.29, 0.717) is 17.4 Å². The molecule has 7 nitrogen and oxygen atoms in total. The molecule has 0 bridgehead atoms. The highest BCUT2D eigenvalue weighted by molar-refractivity contribution is 6.07. The SMILES string of the molecule is O=C(OCc1nnnn1C1CC1)c1c2c(nc3ccccc13)/C(=C/c1ccccc1)CC2. The molecular formula is C25H21N5O2. The van der Waals surface area contributed by atoms with E-state index in [-0.39, 0.29) is 12.6 Å². The Balaban J connectivity index is 1.38. The van der Waals surface area contributed by atoms with Crippen LogP contribution >= 0.6 is 0 Å². The molecule has 0 radical (unpaired) electrons. The summed E-state index contributed by atoms with van der Waals surface area (Å²) in [5.74, 6) is 0.228. The Hall–Kier alpha value is -3.87. The Morgan fingerprint density at radius 2 is 1.88 bits per heavy atom. The zero-order valence-electron chi connectivity index (χ0n) is 17.4. The normalized spacial score (nSPS) is 16.4. The fourth-order valence-electron chi connectivity index (χ4n) is 4.37. The van der Waals surface area contributed by atoms with Crippen molar-refractivity contribution < 1.29 is 9.53 Å². The van der Waals surface area contributed by atoms with Crippen molar-refractivity contribution in [2.45, 2.75) is 38.3 Å². The van der Waals surface area contributed by atoms with E-state index in [1.54, 1.807) is 4.68 Å². The number of hydrogen-bond acceptors (Lipinski definition) is 6. The smallest absolute Gasteiger partial charge is 0.339 e. The summed E-state index contributed by atoms with van der Waals surface area (Å²) in [5.41, 5.74) is 5.51. The molecule has 4 aromatic rings. The first-order valence-electron chi connectivity index (χ1n) is 10.9. The number of carbonyl (C=O) groups is 1. The van der Waals surface area contributed by atoms with E-state index in [1.165, 1.54) is 0 Å². The van der Waals surface area contributed by atoms with Gasteiger partial charge in [-0.1, -0.05) is 48.5 Å². The van der Waals surface area contributed by atoms with Crippen molar-refractivity contribution in [3.8, 4) is 0 Å². The number of para-hydroxylation sites is 1. The number of ether oxygens (including phenoxy) is 1. The summed E-state index contributed by atoms with van der Waals surface area (Å²) in [6, 6.07) is 18.3. The molecule has 2 aliphatic carbocycles. The lowest BCUT2D eigenvalue weighted by atomic mass is 10.0. The minimum atomic E-state index is -0.355. The summed E-state index contributed by atoms with van der Waals surface area (Å²) in [7, 11) is 0. The van der Waals surface area contributed by atoms with Crippen molar-refractivity contribution in [1.82, 2.24) is 25.2 Å². The van der Waals surface area contributed by atoms with Gasteiger partial charge in [0.1, 0.15) is 0 Å². The molecule has 0 amide bonds. The van der Waals surface area contributed by atoms with E-state index in [2.05, 4.69) is 33.7 Å². The number of allylic oxidation sites excluding steroid dienone is 1. The van der Waals surface area contributed by atoms with Crippen molar-refractivity contribution in [2.24, 2.45) is 0 Å². The number of benzene rings is 2. The number of fused-ring (bicyclic) bond motifs is 2. The standard InChI is InChI=1S/C25H21N5O2/c31-25(32-15-22-27-28-29-30(22)18-11-12-18)23-19-8-4-5-9-21(19)26-24-17(10-13-20(23)24)14-16-6-2-1-3-7-16/h1-9,14,18H,10-13,15H2/b17-14+. The maximum atomic E-state index is 13.3. The lowest BCUT2D eigenvalue weighted by molar-refractivity contribution is 0.0457. The van der Waals surface area contributed by atoms with E-state index < -0.39 is 0 Å². The first kappa shape index (κ1) is 18.9. The number of nitrogens with zero attached hydrogens (tertiary/aromatic N) is 5. The molecule has 0 aliphatic heterocycles. The predicted molar refractivity (Wildman–Crippen MR) is 120 cm³/mol. The molecule has 0 unspecified atom stereocenters. The fourth-order valence-corrected chi connectivity index (χ4v) is 4.37. The van der Waals surface area contributed by atoms with Gasteiger partial charge in [-0.05, 0) is 65.0 Å². The lowest BCUT2D eigenvalue weighted by Gasteiger charge is -2.12. The number of esters is 1.